The van der Waals surface area contributed by atoms with E-state index in [1.807, 2.05) is 0 Å². The molecule has 3 rings (SSSR count). The molecule has 32 heavy (non-hydrogen) atoms. The van der Waals surface area contributed by atoms with Crippen LogP contribution in [0.5, 0.6) is 0 Å². The molecule has 2 aromatic carbocycles. The van der Waals surface area contributed by atoms with Crippen molar-refractivity contribution in [3.63, 3.8) is 0 Å². The molecule has 2 amide bonds. The molecule has 0 spiro atoms. The van der Waals surface area contributed by atoms with Gasteiger partial charge in [-0.3, -0.25) is 9.59 Å². The SMILES string of the molecule is Cc1cc(NC(=O)c2cc(NC(=O)c3cccc(C(C)(C)C#N)c3)ccc2Cl)cnc1N. The van der Waals surface area contributed by atoms with Gasteiger partial charge in [0.1, 0.15) is 5.82 Å². The van der Waals surface area contributed by atoms with Gasteiger partial charge in [-0.15, -0.1) is 0 Å². The predicted molar refractivity (Wildman–Crippen MR) is 126 cm³/mol. The van der Waals surface area contributed by atoms with E-state index in [1.54, 1.807) is 57.2 Å². The first-order valence-electron chi connectivity index (χ1n) is 9.77. The largest absolute Gasteiger partial charge is 0.383 e. The molecule has 0 aliphatic carbocycles. The van der Waals surface area contributed by atoms with Gasteiger partial charge in [-0.1, -0.05) is 23.7 Å². The van der Waals surface area contributed by atoms with E-state index in [0.717, 1.165) is 11.1 Å². The minimum atomic E-state index is -0.725. The van der Waals surface area contributed by atoms with Gasteiger partial charge >= 0.3 is 0 Å². The van der Waals surface area contributed by atoms with Crippen LogP contribution in [0.1, 0.15) is 45.7 Å². The fraction of sp³-hybridized carbons (Fsp3) is 0.167. The molecule has 0 aliphatic rings. The molecule has 4 N–H and O–H groups in total. The van der Waals surface area contributed by atoms with Crippen molar-refractivity contribution in [1.29, 1.82) is 5.26 Å². The van der Waals surface area contributed by atoms with Crippen LogP contribution in [-0.4, -0.2) is 16.8 Å². The van der Waals surface area contributed by atoms with Crippen molar-refractivity contribution >= 4 is 40.6 Å². The maximum absolute atomic E-state index is 12.8. The maximum atomic E-state index is 12.8. The van der Waals surface area contributed by atoms with Gasteiger partial charge in [0.2, 0.25) is 0 Å². The van der Waals surface area contributed by atoms with Crippen LogP contribution in [0.15, 0.2) is 54.7 Å². The summed E-state index contributed by atoms with van der Waals surface area (Å²) in [5.41, 5.74) is 7.92. The third kappa shape index (κ3) is 5.05. The zero-order valence-electron chi connectivity index (χ0n) is 17.9. The molecular formula is C24H22ClN5O2. The lowest BCUT2D eigenvalue weighted by molar-refractivity contribution is 0.101. The van der Waals surface area contributed by atoms with Gasteiger partial charge in [-0.25, -0.2) is 4.98 Å². The number of pyridine rings is 1. The Bertz CT molecular complexity index is 1250. The second-order valence-electron chi connectivity index (χ2n) is 7.85. The molecular weight excluding hydrogens is 426 g/mol. The molecule has 0 bridgehead atoms. The first-order chi connectivity index (χ1) is 15.1. The number of benzene rings is 2. The number of hydrogen-bond donors (Lipinski definition) is 3. The van der Waals surface area contributed by atoms with E-state index in [1.165, 1.54) is 18.3 Å². The van der Waals surface area contributed by atoms with Crippen LogP contribution in [0, 0.1) is 18.3 Å². The molecule has 1 aromatic heterocycles. The minimum Gasteiger partial charge on any atom is -0.383 e. The number of carbonyl (C=O) groups is 2. The number of halogens is 1. The summed E-state index contributed by atoms with van der Waals surface area (Å²) >= 11 is 6.21. The minimum absolute atomic E-state index is 0.193. The zero-order valence-corrected chi connectivity index (χ0v) is 18.6. The van der Waals surface area contributed by atoms with Crippen LogP contribution >= 0.6 is 11.6 Å². The highest BCUT2D eigenvalue weighted by molar-refractivity contribution is 6.34. The average molecular weight is 448 g/mol. The van der Waals surface area contributed by atoms with E-state index in [-0.39, 0.29) is 16.5 Å². The lowest BCUT2D eigenvalue weighted by Crippen LogP contribution is -2.17. The number of nitriles is 1. The van der Waals surface area contributed by atoms with Crippen LogP contribution in [0.2, 0.25) is 5.02 Å². The van der Waals surface area contributed by atoms with Crippen LogP contribution in [0.25, 0.3) is 0 Å². The summed E-state index contributed by atoms with van der Waals surface area (Å²) in [6.07, 6.45) is 1.45. The Morgan fingerprint density at radius 1 is 1.06 bits per heavy atom. The molecule has 7 nitrogen and oxygen atoms in total. The van der Waals surface area contributed by atoms with Gasteiger partial charge in [0.05, 0.1) is 34.0 Å². The van der Waals surface area contributed by atoms with Crippen LogP contribution in [-0.2, 0) is 5.41 Å². The molecule has 8 heteroatoms. The number of nitrogens with one attached hydrogen (secondary N) is 2. The van der Waals surface area contributed by atoms with Crippen molar-refractivity contribution in [2.45, 2.75) is 26.2 Å². The highest BCUT2D eigenvalue weighted by Gasteiger charge is 2.21. The van der Waals surface area contributed by atoms with E-state index < -0.39 is 11.3 Å². The Morgan fingerprint density at radius 3 is 2.47 bits per heavy atom. The van der Waals surface area contributed by atoms with Gasteiger partial charge in [-0.2, -0.15) is 5.26 Å². The summed E-state index contributed by atoms with van der Waals surface area (Å²) in [5, 5.41) is 15.1. The second-order valence-corrected chi connectivity index (χ2v) is 8.25. The highest BCUT2D eigenvalue weighted by Crippen LogP contribution is 2.25. The van der Waals surface area contributed by atoms with Crippen molar-refractivity contribution in [1.82, 2.24) is 4.98 Å². The Labute approximate surface area is 191 Å². The van der Waals surface area contributed by atoms with Crippen molar-refractivity contribution in [3.8, 4) is 6.07 Å². The van der Waals surface area contributed by atoms with Crippen molar-refractivity contribution < 1.29 is 9.59 Å². The van der Waals surface area contributed by atoms with E-state index >= 15 is 0 Å². The standard InChI is InChI=1S/C24H22ClN5O2/c1-14-9-18(12-28-21(14)27)30-23(32)19-11-17(7-8-20(19)25)29-22(31)15-5-4-6-16(10-15)24(2,3)13-26/h4-12H,1-3H3,(H2,27,28)(H,29,31)(H,30,32). The predicted octanol–water partition coefficient (Wildman–Crippen LogP) is 4.93. The van der Waals surface area contributed by atoms with Gasteiger partial charge < -0.3 is 16.4 Å². The summed E-state index contributed by atoms with van der Waals surface area (Å²) in [6, 6.07) is 15.4. The number of aromatic nitrogens is 1. The zero-order chi connectivity index (χ0) is 23.5. The molecule has 0 atom stereocenters. The lowest BCUT2D eigenvalue weighted by Gasteiger charge is -2.16. The van der Waals surface area contributed by atoms with E-state index in [2.05, 4.69) is 21.7 Å². The van der Waals surface area contributed by atoms with Gasteiger partial charge in [0.15, 0.2) is 0 Å². The molecule has 0 aliphatic heterocycles. The van der Waals surface area contributed by atoms with E-state index in [4.69, 9.17) is 17.3 Å². The van der Waals surface area contributed by atoms with E-state index in [9.17, 15) is 14.9 Å². The summed E-state index contributed by atoms with van der Waals surface area (Å²) in [4.78, 5) is 29.5. The summed E-state index contributed by atoms with van der Waals surface area (Å²) in [6.45, 7) is 5.35. The second kappa shape index (κ2) is 9.08. The van der Waals surface area contributed by atoms with Crippen LogP contribution in [0.4, 0.5) is 17.2 Å². The third-order valence-corrected chi connectivity index (χ3v) is 5.30. The highest BCUT2D eigenvalue weighted by atomic mass is 35.5. The number of nitrogens with zero attached hydrogens (tertiary/aromatic N) is 2. The van der Waals surface area contributed by atoms with E-state index in [0.29, 0.717) is 22.8 Å². The third-order valence-electron chi connectivity index (χ3n) is 4.97. The first kappa shape index (κ1) is 22.8. The summed E-state index contributed by atoms with van der Waals surface area (Å²) < 4.78 is 0. The number of carbonyl (C=O) groups excluding carboxylic acids is 2. The van der Waals surface area contributed by atoms with Gasteiger partial charge in [-0.05, 0) is 68.3 Å². The number of aryl methyl sites for hydroxylation is 1. The Morgan fingerprint density at radius 2 is 1.78 bits per heavy atom. The summed E-state index contributed by atoms with van der Waals surface area (Å²) in [5.74, 6) is -0.435. The maximum Gasteiger partial charge on any atom is 0.257 e. The molecule has 3 aromatic rings. The van der Waals surface area contributed by atoms with Crippen molar-refractivity contribution in [2.75, 3.05) is 16.4 Å². The average Bonchev–Trinajstić information content (AvgIpc) is 2.77. The number of hydrogen-bond acceptors (Lipinski definition) is 5. The summed E-state index contributed by atoms with van der Waals surface area (Å²) in [7, 11) is 0. The molecule has 0 saturated heterocycles. The number of amides is 2. The number of nitrogen functional groups attached to an aromatic ring is 1. The van der Waals surface area contributed by atoms with Gasteiger partial charge in [0.25, 0.3) is 11.8 Å². The molecule has 1 heterocycles. The van der Waals surface area contributed by atoms with Crippen molar-refractivity contribution in [3.05, 3.63) is 82.0 Å². The normalized spacial score (nSPS) is 10.8. The Kier molecular flexibility index (Phi) is 6.47. The quantitative estimate of drug-likeness (QED) is 0.512. The first-order valence-corrected chi connectivity index (χ1v) is 10.1. The lowest BCUT2D eigenvalue weighted by atomic mass is 9.85. The van der Waals surface area contributed by atoms with Crippen molar-refractivity contribution in [2.24, 2.45) is 0 Å². The Balaban J connectivity index is 1.80. The smallest absolute Gasteiger partial charge is 0.257 e. The number of nitrogens with two attached hydrogens (primary N) is 1. The van der Waals surface area contributed by atoms with Gasteiger partial charge in [0, 0.05) is 11.3 Å². The molecule has 0 fully saturated rings. The fourth-order valence-electron chi connectivity index (χ4n) is 2.95. The Hall–Kier alpha value is -3.89. The molecule has 0 saturated carbocycles. The van der Waals surface area contributed by atoms with Crippen LogP contribution < -0.4 is 16.4 Å². The molecule has 0 radical (unpaired) electrons. The number of rotatable bonds is 5. The fourth-order valence-corrected chi connectivity index (χ4v) is 3.15. The number of anilines is 3. The monoisotopic (exact) mass is 447 g/mol. The molecule has 162 valence electrons. The topological polar surface area (TPSA) is 121 Å². The van der Waals surface area contributed by atoms with Crippen LogP contribution in [0.3, 0.4) is 0 Å². The molecule has 0 unspecified atom stereocenters.